The fourth-order valence-corrected chi connectivity index (χ4v) is 2.54. The molecule has 0 aromatic carbocycles. The summed E-state index contributed by atoms with van der Waals surface area (Å²) in [5, 5.41) is 18.6. The first kappa shape index (κ1) is 15.2. The maximum absolute atomic E-state index is 9.10. The second kappa shape index (κ2) is 6.49. The fraction of sp³-hybridized carbons (Fsp3) is 0.538. The topological polar surface area (TPSA) is 117 Å². The molecule has 21 heavy (non-hydrogen) atoms. The number of hydrogen-bond acceptors (Lipinski definition) is 6. The molecule has 0 amide bonds. The lowest BCUT2D eigenvalue weighted by molar-refractivity contribution is -0.159. The Balaban J connectivity index is 0.000000232. The first-order valence-corrected chi connectivity index (χ1v) is 6.65. The van der Waals surface area contributed by atoms with Gasteiger partial charge >= 0.3 is 11.9 Å². The van der Waals surface area contributed by atoms with Crippen molar-refractivity contribution in [2.75, 3.05) is 19.6 Å². The normalized spacial score (nSPS) is 25.3. The van der Waals surface area contributed by atoms with E-state index in [2.05, 4.69) is 21.1 Å². The van der Waals surface area contributed by atoms with Gasteiger partial charge in [0.25, 0.3) is 5.89 Å². The lowest BCUT2D eigenvalue weighted by atomic mass is 9.83. The highest BCUT2D eigenvalue weighted by Gasteiger charge is 2.29. The third-order valence-electron chi connectivity index (χ3n) is 3.55. The van der Waals surface area contributed by atoms with Crippen LogP contribution in [-0.4, -0.2) is 56.8 Å². The number of fused-ring (bicyclic) bond motifs is 3. The minimum atomic E-state index is -1.82. The lowest BCUT2D eigenvalue weighted by Crippen LogP contribution is -2.42. The third-order valence-corrected chi connectivity index (χ3v) is 3.55. The molecule has 0 atom stereocenters. The van der Waals surface area contributed by atoms with Gasteiger partial charge in [-0.25, -0.2) is 9.59 Å². The van der Waals surface area contributed by atoms with Crippen molar-refractivity contribution >= 4 is 18.0 Å². The van der Waals surface area contributed by atoms with Gasteiger partial charge in [0.1, 0.15) is 0 Å². The molecule has 0 aliphatic carbocycles. The van der Waals surface area contributed by atoms with Gasteiger partial charge in [-0.15, -0.1) is 0 Å². The molecule has 8 heteroatoms. The van der Waals surface area contributed by atoms with Crippen LogP contribution in [-0.2, 0) is 9.59 Å². The number of carbonyl (C=O) groups is 2. The molecule has 2 N–H and O–H groups in total. The van der Waals surface area contributed by atoms with Crippen molar-refractivity contribution in [1.82, 2.24) is 15.0 Å². The Hall–Kier alpha value is -2.22. The van der Waals surface area contributed by atoms with Gasteiger partial charge in [-0.1, -0.05) is 5.16 Å². The first-order chi connectivity index (χ1) is 9.95. The highest BCUT2D eigenvalue weighted by Crippen LogP contribution is 2.32. The zero-order valence-electron chi connectivity index (χ0n) is 11.7. The fourth-order valence-electron chi connectivity index (χ4n) is 2.54. The van der Waals surface area contributed by atoms with Crippen molar-refractivity contribution < 1.29 is 24.3 Å². The highest BCUT2D eigenvalue weighted by atomic mass is 16.5. The van der Waals surface area contributed by atoms with E-state index in [1.54, 1.807) is 0 Å². The van der Waals surface area contributed by atoms with Crippen molar-refractivity contribution in [1.29, 1.82) is 0 Å². The molecule has 1 aromatic rings. The van der Waals surface area contributed by atoms with Gasteiger partial charge in [0.05, 0.1) is 0 Å². The van der Waals surface area contributed by atoms with E-state index in [0.29, 0.717) is 11.7 Å². The van der Waals surface area contributed by atoms with Crippen molar-refractivity contribution in [2.45, 2.75) is 19.8 Å². The van der Waals surface area contributed by atoms with Gasteiger partial charge in [-0.3, -0.25) is 4.90 Å². The van der Waals surface area contributed by atoms with Crippen molar-refractivity contribution in [3.8, 4) is 0 Å². The molecular weight excluding hydrogens is 278 g/mol. The van der Waals surface area contributed by atoms with Crippen molar-refractivity contribution in [3.63, 3.8) is 0 Å². The van der Waals surface area contributed by atoms with Gasteiger partial charge in [0.2, 0.25) is 0 Å². The third kappa shape index (κ3) is 4.12. The summed E-state index contributed by atoms with van der Waals surface area (Å²) >= 11 is 0. The molecule has 4 heterocycles. The van der Waals surface area contributed by atoms with Crippen LogP contribution < -0.4 is 0 Å². The molecule has 2 bridgehead atoms. The predicted molar refractivity (Wildman–Crippen MR) is 71.4 cm³/mol. The smallest absolute Gasteiger partial charge is 0.414 e. The summed E-state index contributed by atoms with van der Waals surface area (Å²) in [6.45, 7) is 5.45. The quantitative estimate of drug-likeness (QED) is 0.725. The Bertz CT molecular complexity index is 546. The molecule has 0 spiro atoms. The lowest BCUT2D eigenvalue weighted by Gasteiger charge is -2.40. The van der Waals surface area contributed by atoms with E-state index < -0.39 is 11.9 Å². The summed E-state index contributed by atoms with van der Waals surface area (Å²) in [5.41, 5.74) is 1.47. The number of nitrogens with zero attached hydrogens (tertiary/aromatic N) is 3. The molecule has 8 nitrogen and oxygen atoms in total. The van der Waals surface area contributed by atoms with Crippen LogP contribution in [0.2, 0.25) is 0 Å². The van der Waals surface area contributed by atoms with Gasteiger partial charge in [0.15, 0.2) is 5.82 Å². The standard InChI is InChI=1S/C11H15N3O.C2H2O4/c1-8-12-11(15-13-8)6-10-7-14-4-2-9(10)3-5-14;3-1(4)2(5)6/h6,9H,2-5,7H2,1H3;(H,3,4)(H,5,6). The van der Waals surface area contributed by atoms with E-state index in [1.807, 2.05) is 6.92 Å². The second-order valence-corrected chi connectivity index (χ2v) is 5.06. The van der Waals surface area contributed by atoms with Crippen molar-refractivity contribution in [2.24, 2.45) is 5.92 Å². The van der Waals surface area contributed by atoms with Crippen LogP contribution in [0.4, 0.5) is 0 Å². The SMILES string of the molecule is Cc1noc(C=C2CN3CCC2CC3)n1.O=C(O)C(=O)O. The van der Waals surface area contributed by atoms with E-state index in [1.165, 1.54) is 31.5 Å². The molecule has 3 fully saturated rings. The van der Waals surface area contributed by atoms with Crippen LogP contribution in [0.5, 0.6) is 0 Å². The average Bonchev–Trinajstić information content (AvgIpc) is 2.86. The predicted octanol–water partition coefficient (Wildman–Crippen LogP) is 0.643. The molecule has 3 aliphatic heterocycles. The summed E-state index contributed by atoms with van der Waals surface area (Å²) in [6.07, 6.45) is 4.66. The summed E-state index contributed by atoms with van der Waals surface area (Å²) in [6, 6.07) is 0. The molecule has 0 unspecified atom stereocenters. The van der Waals surface area contributed by atoms with Gasteiger partial charge < -0.3 is 14.7 Å². The Morgan fingerprint density at radius 3 is 2.29 bits per heavy atom. The van der Waals surface area contributed by atoms with Crippen LogP contribution in [0.25, 0.3) is 6.08 Å². The van der Waals surface area contributed by atoms with Crippen LogP contribution in [0.3, 0.4) is 0 Å². The highest BCUT2D eigenvalue weighted by molar-refractivity contribution is 6.27. The van der Waals surface area contributed by atoms with E-state index in [9.17, 15) is 0 Å². The van der Waals surface area contributed by atoms with E-state index in [0.717, 1.165) is 12.5 Å². The molecule has 0 radical (unpaired) electrons. The molecule has 3 saturated heterocycles. The monoisotopic (exact) mass is 295 g/mol. The Morgan fingerprint density at radius 1 is 1.29 bits per heavy atom. The van der Waals surface area contributed by atoms with Crippen LogP contribution in [0.15, 0.2) is 10.1 Å². The summed E-state index contributed by atoms with van der Waals surface area (Å²) in [5.74, 6) is -1.52. The number of carboxylic acids is 2. The average molecular weight is 295 g/mol. The number of carboxylic acid groups (broad SMARTS) is 2. The molecule has 4 rings (SSSR count). The Kier molecular flexibility index (Phi) is 4.69. The van der Waals surface area contributed by atoms with Crippen LogP contribution in [0, 0.1) is 12.8 Å². The number of hydrogen-bond donors (Lipinski definition) is 2. The number of rotatable bonds is 1. The maximum Gasteiger partial charge on any atom is 0.414 e. The van der Waals surface area contributed by atoms with E-state index >= 15 is 0 Å². The number of aliphatic carboxylic acids is 2. The van der Waals surface area contributed by atoms with Gasteiger partial charge in [-0.2, -0.15) is 4.98 Å². The van der Waals surface area contributed by atoms with E-state index in [-0.39, 0.29) is 0 Å². The van der Waals surface area contributed by atoms with Crippen LogP contribution in [0.1, 0.15) is 24.6 Å². The first-order valence-electron chi connectivity index (χ1n) is 6.65. The molecule has 0 saturated carbocycles. The van der Waals surface area contributed by atoms with Gasteiger partial charge in [0, 0.05) is 12.6 Å². The zero-order chi connectivity index (χ0) is 15.4. The Labute approximate surface area is 121 Å². The van der Waals surface area contributed by atoms with E-state index in [4.69, 9.17) is 24.3 Å². The summed E-state index contributed by atoms with van der Waals surface area (Å²) in [7, 11) is 0. The number of aryl methyl sites for hydroxylation is 1. The van der Waals surface area contributed by atoms with Gasteiger partial charge in [-0.05, 0) is 44.3 Å². The number of piperidine rings is 3. The zero-order valence-corrected chi connectivity index (χ0v) is 11.7. The summed E-state index contributed by atoms with van der Waals surface area (Å²) < 4.78 is 5.12. The molecule has 3 aliphatic rings. The molecule has 114 valence electrons. The largest absolute Gasteiger partial charge is 0.473 e. The minimum absolute atomic E-state index is 0.663. The van der Waals surface area contributed by atoms with Crippen molar-refractivity contribution in [3.05, 3.63) is 17.3 Å². The number of aromatic nitrogens is 2. The van der Waals surface area contributed by atoms with Crippen LogP contribution >= 0.6 is 0 Å². The molecular formula is C13H17N3O5. The second-order valence-electron chi connectivity index (χ2n) is 5.06. The minimum Gasteiger partial charge on any atom is -0.473 e. The summed E-state index contributed by atoms with van der Waals surface area (Å²) in [4.78, 5) is 24.9. The maximum atomic E-state index is 9.10. The Morgan fingerprint density at radius 2 is 1.90 bits per heavy atom. The molecule has 1 aromatic heterocycles.